The van der Waals surface area contributed by atoms with Crippen LogP contribution in [0.5, 0.6) is 0 Å². The number of nitrogens with zero attached hydrogens (tertiary/aromatic N) is 4. The standard InChI is InChI=1S/C32H38F2N6O2/c33-32(34)19-31(32)7-9-38(10-8-31)23-5-6-26(36-18-23)39-11-12-40(25-4-2-1-3-24(25)39)29(42)37-27-21-13-20-14-22(27)17-30(15-20,16-21)28(35)41/h1-6,18,20-22,27H,7-17,19H2,(H2,35,41)(H,37,42). The number of nitrogens with one attached hydrogen (secondary N) is 1. The minimum absolute atomic E-state index is 0.0344. The first kappa shape index (κ1) is 26.2. The van der Waals surface area contributed by atoms with Crippen molar-refractivity contribution >= 4 is 34.8 Å². The molecule has 9 rings (SSSR count). The lowest BCUT2D eigenvalue weighted by Crippen LogP contribution is -2.63. The number of hydrogen-bond acceptors (Lipinski definition) is 5. The van der Waals surface area contributed by atoms with Crippen LogP contribution >= 0.6 is 0 Å². The zero-order valence-corrected chi connectivity index (χ0v) is 23.8. The molecular formula is C32H38F2N6O2. The maximum atomic E-state index is 13.8. The average Bonchev–Trinajstić information content (AvgIpc) is 3.52. The minimum atomic E-state index is -2.49. The van der Waals surface area contributed by atoms with Crippen LogP contribution in [0.4, 0.5) is 36.5 Å². The Labute approximate surface area is 244 Å². The van der Waals surface area contributed by atoms with E-state index in [2.05, 4.69) is 15.1 Å². The van der Waals surface area contributed by atoms with Gasteiger partial charge in [-0.1, -0.05) is 12.1 Å². The third-order valence-electron chi connectivity index (χ3n) is 11.6. The van der Waals surface area contributed by atoms with Crippen molar-refractivity contribution in [3.8, 4) is 0 Å². The number of carbonyl (C=O) groups is 2. The molecule has 5 saturated carbocycles. The Balaban J connectivity index is 0.963. The van der Waals surface area contributed by atoms with Gasteiger partial charge in [0.15, 0.2) is 0 Å². The van der Waals surface area contributed by atoms with Crippen molar-refractivity contribution in [3.05, 3.63) is 42.6 Å². The fourth-order valence-electron chi connectivity index (χ4n) is 9.43. The van der Waals surface area contributed by atoms with Crippen LogP contribution in [0.2, 0.25) is 0 Å². The maximum Gasteiger partial charge on any atom is 0.322 e. The number of carbonyl (C=O) groups excluding carboxylic acids is 2. The molecule has 42 heavy (non-hydrogen) atoms. The molecule has 5 aliphatic carbocycles. The van der Waals surface area contributed by atoms with Crippen LogP contribution in [-0.4, -0.2) is 55.1 Å². The fourth-order valence-corrected chi connectivity index (χ4v) is 9.43. The van der Waals surface area contributed by atoms with Gasteiger partial charge in [0.2, 0.25) is 5.91 Å². The smallest absolute Gasteiger partial charge is 0.322 e. The lowest BCUT2D eigenvalue weighted by molar-refractivity contribution is -0.145. The van der Waals surface area contributed by atoms with E-state index in [9.17, 15) is 18.4 Å². The van der Waals surface area contributed by atoms with Crippen molar-refractivity contribution in [2.75, 3.05) is 40.9 Å². The lowest BCUT2D eigenvalue weighted by Gasteiger charge is -2.59. The number of rotatable bonds is 4. The molecule has 1 saturated heterocycles. The Bertz CT molecular complexity index is 1410. The van der Waals surface area contributed by atoms with Crippen molar-refractivity contribution in [1.29, 1.82) is 0 Å². The summed E-state index contributed by atoms with van der Waals surface area (Å²) in [5.74, 6) is -0.703. The van der Waals surface area contributed by atoms with Crippen LogP contribution in [0.15, 0.2) is 42.6 Å². The van der Waals surface area contributed by atoms with Gasteiger partial charge in [-0.2, -0.15) is 0 Å². The van der Waals surface area contributed by atoms with E-state index in [1.807, 2.05) is 47.5 Å². The van der Waals surface area contributed by atoms with Gasteiger partial charge >= 0.3 is 6.03 Å². The van der Waals surface area contributed by atoms with Gasteiger partial charge in [-0.15, -0.1) is 0 Å². The highest BCUT2D eigenvalue weighted by Crippen LogP contribution is 2.66. The number of piperidine rings is 1. The normalized spacial score (nSPS) is 33.4. The number of urea groups is 1. The molecule has 3 N–H and O–H groups in total. The van der Waals surface area contributed by atoms with E-state index in [0.29, 0.717) is 56.8 Å². The van der Waals surface area contributed by atoms with Gasteiger partial charge in [0.25, 0.3) is 5.92 Å². The molecule has 4 bridgehead atoms. The predicted molar refractivity (Wildman–Crippen MR) is 156 cm³/mol. The molecule has 2 aliphatic heterocycles. The number of alkyl halides is 2. The third kappa shape index (κ3) is 3.93. The van der Waals surface area contributed by atoms with E-state index < -0.39 is 11.3 Å². The quantitative estimate of drug-likeness (QED) is 0.531. The van der Waals surface area contributed by atoms with Gasteiger partial charge in [0.05, 0.1) is 23.3 Å². The molecule has 3 amide bonds. The summed E-state index contributed by atoms with van der Waals surface area (Å²) in [6, 6.07) is 11.9. The number of primary amides is 1. The summed E-state index contributed by atoms with van der Waals surface area (Å²) >= 11 is 0. The number of nitrogens with two attached hydrogens (primary N) is 1. The fraction of sp³-hybridized carbons (Fsp3) is 0.594. The van der Waals surface area contributed by atoms with E-state index in [0.717, 1.165) is 55.0 Å². The highest BCUT2D eigenvalue weighted by molar-refractivity contribution is 5.98. The average molecular weight is 577 g/mol. The molecule has 1 aromatic carbocycles. The van der Waals surface area contributed by atoms with E-state index >= 15 is 0 Å². The predicted octanol–water partition coefficient (Wildman–Crippen LogP) is 5.06. The van der Waals surface area contributed by atoms with E-state index in [-0.39, 0.29) is 29.8 Å². The molecule has 3 heterocycles. The molecule has 1 spiro atoms. The van der Waals surface area contributed by atoms with Gasteiger partial charge in [-0.3, -0.25) is 9.69 Å². The number of fused-ring (bicyclic) bond motifs is 1. The van der Waals surface area contributed by atoms with Crippen molar-refractivity contribution in [2.45, 2.75) is 63.3 Å². The molecule has 8 nitrogen and oxygen atoms in total. The molecule has 222 valence electrons. The van der Waals surface area contributed by atoms with Gasteiger partial charge in [0.1, 0.15) is 5.82 Å². The van der Waals surface area contributed by atoms with Crippen LogP contribution in [-0.2, 0) is 4.79 Å². The third-order valence-corrected chi connectivity index (χ3v) is 11.6. The molecule has 2 unspecified atom stereocenters. The van der Waals surface area contributed by atoms with Crippen molar-refractivity contribution in [1.82, 2.24) is 10.3 Å². The molecule has 7 aliphatic rings. The van der Waals surface area contributed by atoms with Crippen molar-refractivity contribution in [2.24, 2.45) is 34.3 Å². The molecule has 1 aromatic heterocycles. The van der Waals surface area contributed by atoms with Gasteiger partial charge in [-0.25, -0.2) is 18.6 Å². The number of anilines is 4. The number of amides is 3. The van der Waals surface area contributed by atoms with Gasteiger partial charge in [-0.05, 0) is 87.0 Å². The zero-order chi connectivity index (χ0) is 28.9. The Morgan fingerprint density at radius 3 is 2.24 bits per heavy atom. The highest BCUT2D eigenvalue weighted by Gasteiger charge is 2.70. The van der Waals surface area contributed by atoms with Crippen molar-refractivity contribution < 1.29 is 18.4 Å². The molecular weight excluding hydrogens is 538 g/mol. The highest BCUT2D eigenvalue weighted by atomic mass is 19.3. The van der Waals surface area contributed by atoms with Crippen LogP contribution in [0.1, 0.15) is 51.4 Å². The first-order chi connectivity index (χ1) is 20.2. The number of halogens is 2. The van der Waals surface area contributed by atoms with Crippen LogP contribution in [0.3, 0.4) is 0 Å². The van der Waals surface area contributed by atoms with Gasteiger partial charge in [0, 0.05) is 49.5 Å². The monoisotopic (exact) mass is 576 g/mol. The summed E-state index contributed by atoms with van der Waals surface area (Å²) in [6.07, 6.45) is 7.53. The van der Waals surface area contributed by atoms with E-state index in [1.54, 1.807) is 0 Å². The summed E-state index contributed by atoms with van der Waals surface area (Å²) in [4.78, 5) is 37.0. The second-order valence-electron chi connectivity index (χ2n) is 13.9. The summed E-state index contributed by atoms with van der Waals surface area (Å²) in [7, 11) is 0. The number of benzene rings is 1. The van der Waals surface area contributed by atoms with Crippen LogP contribution in [0.25, 0.3) is 0 Å². The second kappa shape index (κ2) is 9.04. The van der Waals surface area contributed by atoms with Crippen molar-refractivity contribution in [3.63, 3.8) is 0 Å². The largest absolute Gasteiger partial charge is 0.370 e. The van der Waals surface area contributed by atoms with Gasteiger partial charge < -0.3 is 20.9 Å². The minimum Gasteiger partial charge on any atom is -0.370 e. The number of hydrogen-bond donors (Lipinski definition) is 2. The first-order valence-electron chi connectivity index (χ1n) is 15.5. The summed E-state index contributed by atoms with van der Waals surface area (Å²) < 4.78 is 27.6. The maximum absolute atomic E-state index is 13.8. The SMILES string of the molecule is NC(=O)C12CC3CC(C1)C(NC(=O)N1CCN(c4ccc(N5CCC6(CC5)CC6(F)F)cn4)c4ccccc41)C(C3)C2. The molecule has 0 radical (unpaired) electrons. The summed E-state index contributed by atoms with van der Waals surface area (Å²) in [6.45, 7) is 2.37. The first-order valence-corrected chi connectivity index (χ1v) is 15.5. The zero-order valence-electron chi connectivity index (χ0n) is 23.8. The molecule has 6 fully saturated rings. The van der Waals surface area contributed by atoms with E-state index in [4.69, 9.17) is 10.7 Å². The summed E-state index contributed by atoms with van der Waals surface area (Å²) in [5, 5.41) is 3.39. The Hall–Kier alpha value is -3.43. The molecule has 10 heteroatoms. The topological polar surface area (TPSA) is 94.8 Å². The Morgan fingerprint density at radius 2 is 1.62 bits per heavy atom. The number of pyridine rings is 1. The molecule has 2 atom stereocenters. The summed E-state index contributed by atoms with van der Waals surface area (Å²) in [5.41, 5.74) is 7.44. The van der Waals surface area contributed by atoms with Crippen LogP contribution in [0, 0.1) is 28.6 Å². The molecule has 2 aromatic rings. The number of para-hydroxylation sites is 2. The number of aromatic nitrogens is 1. The van der Waals surface area contributed by atoms with E-state index in [1.165, 1.54) is 0 Å². The Kier molecular flexibility index (Phi) is 5.64. The second-order valence-corrected chi connectivity index (χ2v) is 13.9. The Morgan fingerprint density at radius 1 is 0.929 bits per heavy atom. The van der Waals surface area contributed by atoms with Crippen LogP contribution < -0.4 is 25.8 Å². The lowest BCUT2D eigenvalue weighted by atomic mass is 9.47.